The Kier molecular flexibility index (Phi) is 5.46. The van der Waals surface area contributed by atoms with Crippen LogP contribution in [0.2, 0.25) is 0 Å². The average molecular weight is 161 g/mol. The maximum atomic E-state index is 7.18. The highest BCUT2D eigenvalue weighted by molar-refractivity contribution is 4.86. The molecule has 4 N–H and O–H groups in total. The van der Waals surface area contributed by atoms with Crippen LogP contribution >= 0.6 is 0 Å². The van der Waals surface area contributed by atoms with Crippen LogP contribution in [0.4, 0.5) is 0 Å². The van der Waals surface area contributed by atoms with Crippen LogP contribution in [0.15, 0.2) is 0 Å². The van der Waals surface area contributed by atoms with Crippen molar-refractivity contribution in [1.29, 1.82) is 0 Å². The molecule has 0 aromatic heterocycles. The van der Waals surface area contributed by atoms with Crippen molar-refractivity contribution in [3.05, 3.63) is 0 Å². The third-order valence-corrected chi connectivity index (χ3v) is 2.33. The van der Waals surface area contributed by atoms with E-state index in [1.165, 1.54) is 0 Å². The molecule has 0 amide bonds. The van der Waals surface area contributed by atoms with Crippen LogP contribution in [0.1, 0.15) is 19.8 Å². The first-order chi connectivity index (χ1) is 5.24. The summed E-state index contributed by atoms with van der Waals surface area (Å²) in [7, 11) is 3.92. The smallest absolute Gasteiger partial charge is 0.145 e. The normalized spacial score (nSPS) is 16.4. The second-order valence-corrected chi connectivity index (χ2v) is 2.91. The fourth-order valence-corrected chi connectivity index (χ4v) is 1.36. The minimum absolute atomic E-state index is 0.135. The number of hydrogen-bond donors (Lipinski definition) is 2. The molecule has 0 spiro atoms. The fourth-order valence-electron chi connectivity index (χ4n) is 1.36. The average Bonchev–Trinajstić information content (AvgIpc) is 2.04. The molecular formula is C8H21N2O+. The second-order valence-electron chi connectivity index (χ2n) is 2.91. The highest BCUT2D eigenvalue weighted by Gasteiger charge is 2.24. The van der Waals surface area contributed by atoms with Crippen LogP contribution < -0.4 is 10.6 Å². The molecule has 1 atom stereocenters. The molecule has 68 valence electrons. The van der Waals surface area contributed by atoms with Crippen LogP contribution in [0.3, 0.4) is 0 Å². The molecule has 0 saturated carbocycles. The molecule has 0 heterocycles. The molecule has 0 aliphatic carbocycles. The summed E-state index contributed by atoms with van der Waals surface area (Å²) in [5, 5.41) is 13.6. The first kappa shape index (κ1) is 10.9. The zero-order valence-electron chi connectivity index (χ0n) is 7.83. The molecule has 0 rings (SSSR count). The second kappa shape index (κ2) is 5.52. The minimum atomic E-state index is 0.135. The molecule has 1 unspecified atom stereocenters. The highest BCUT2D eigenvalue weighted by atomic mass is 16.3. The number of hydrogen-bond acceptors (Lipinski definition) is 2. The van der Waals surface area contributed by atoms with Gasteiger partial charge in [-0.1, -0.05) is 6.92 Å². The van der Waals surface area contributed by atoms with E-state index in [1.807, 2.05) is 14.1 Å². The first-order valence-corrected chi connectivity index (χ1v) is 4.22. The quantitative estimate of drug-likeness (QED) is 0.525. The van der Waals surface area contributed by atoms with Crippen molar-refractivity contribution >= 4 is 0 Å². The van der Waals surface area contributed by atoms with E-state index in [0.717, 1.165) is 19.4 Å². The van der Waals surface area contributed by atoms with Gasteiger partial charge in [-0.15, -0.1) is 0 Å². The van der Waals surface area contributed by atoms with E-state index in [2.05, 4.69) is 17.6 Å². The van der Waals surface area contributed by atoms with Crippen molar-refractivity contribution in [2.24, 2.45) is 0 Å². The third kappa shape index (κ3) is 3.18. The van der Waals surface area contributed by atoms with E-state index in [-0.39, 0.29) is 5.54 Å². The molecule has 0 bridgehead atoms. The lowest BCUT2D eigenvalue weighted by Crippen LogP contribution is -2.50. The summed E-state index contributed by atoms with van der Waals surface area (Å²) in [6, 6.07) is 0. The van der Waals surface area contributed by atoms with Gasteiger partial charge in [-0.3, -0.25) is 0 Å². The molecule has 0 aliphatic heterocycles. The Morgan fingerprint density at radius 1 is 1.36 bits per heavy atom. The van der Waals surface area contributed by atoms with E-state index in [9.17, 15) is 0 Å². The largest absolute Gasteiger partial charge is 0.445 e. The van der Waals surface area contributed by atoms with E-state index >= 15 is 0 Å². The summed E-state index contributed by atoms with van der Waals surface area (Å²) in [6.45, 7) is 3.60. The van der Waals surface area contributed by atoms with Crippen molar-refractivity contribution in [3.63, 3.8) is 0 Å². The Hall–Kier alpha value is -0.120. The van der Waals surface area contributed by atoms with Gasteiger partial charge in [-0.2, -0.15) is 0 Å². The van der Waals surface area contributed by atoms with Gasteiger partial charge >= 0.3 is 0 Å². The van der Waals surface area contributed by atoms with Gasteiger partial charge in [0, 0.05) is 18.5 Å². The molecule has 0 fully saturated rings. The zero-order valence-corrected chi connectivity index (χ0v) is 7.83. The maximum Gasteiger partial charge on any atom is 0.145 e. The molecular weight excluding hydrogens is 140 g/mol. The Bertz CT molecular complexity index is 84.1. The summed E-state index contributed by atoms with van der Waals surface area (Å²) in [6.07, 6.45) is 1.99. The SMILES string of the molecule is CCC(CC[OH2+])(CNC)NC. The monoisotopic (exact) mass is 161 g/mol. The van der Waals surface area contributed by atoms with Gasteiger partial charge < -0.3 is 15.7 Å². The van der Waals surface area contributed by atoms with Crippen LogP contribution in [-0.4, -0.2) is 37.9 Å². The topological polar surface area (TPSA) is 47.0 Å². The van der Waals surface area contributed by atoms with Crippen molar-refractivity contribution in [2.45, 2.75) is 25.3 Å². The standard InChI is InChI=1S/C8H20N2O/c1-4-8(10-3,5-6-11)7-9-2/h9-11H,4-7H2,1-3H3/p+1. The van der Waals surface area contributed by atoms with Gasteiger partial charge in [0.05, 0.1) is 0 Å². The summed E-state index contributed by atoms with van der Waals surface area (Å²) >= 11 is 0. The lowest BCUT2D eigenvalue weighted by atomic mass is 9.92. The molecule has 3 nitrogen and oxygen atoms in total. The lowest BCUT2D eigenvalue weighted by Gasteiger charge is -2.30. The molecule has 0 aromatic rings. The highest BCUT2D eigenvalue weighted by Crippen LogP contribution is 2.12. The van der Waals surface area contributed by atoms with Crippen LogP contribution in [0.5, 0.6) is 0 Å². The first-order valence-electron chi connectivity index (χ1n) is 4.22. The van der Waals surface area contributed by atoms with E-state index in [0.29, 0.717) is 6.61 Å². The van der Waals surface area contributed by atoms with E-state index < -0.39 is 0 Å². The van der Waals surface area contributed by atoms with Crippen molar-refractivity contribution < 1.29 is 5.11 Å². The van der Waals surface area contributed by atoms with E-state index in [1.54, 1.807) is 0 Å². The lowest BCUT2D eigenvalue weighted by molar-refractivity contribution is 0.209. The Labute approximate surface area is 69.2 Å². The van der Waals surface area contributed by atoms with Gasteiger partial charge in [-0.05, 0) is 20.5 Å². The van der Waals surface area contributed by atoms with Gasteiger partial charge in [0.15, 0.2) is 0 Å². The van der Waals surface area contributed by atoms with Gasteiger partial charge in [-0.25, -0.2) is 0 Å². The van der Waals surface area contributed by atoms with Crippen LogP contribution in [0.25, 0.3) is 0 Å². The van der Waals surface area contributed by atoms with Crippen molar-refractivity contribution in [3.8, 4) is 0 Å². The molecule has 3 heteroatoms. The predicted octanol–water partition coefficient (Wildman–Crippen LogP) is -0.311. The predicted molar refractivity (Wildman–Crippen MR) is 49.1 cm³/mol. The number of rotatable bonds is 6. The zero-order chi connectivity index (χ0) is 8.74. The summed E-state index contributed by atoms with van der Waals surface area (Å²) in [4.78, 5) is 0. The summed E-state index contributed by atoms with van der Waals surface area (Å²) in [5.74, 6) is 0. The summed E-state index contributed by atoms with van der Waals surface area (Å²) in [5.41, 5.74) is 0.135. The minimum Gasteiger partial charge on any atom is -0.445 e. The number of likely N-dealkylation sites (N-methyl/N-ethyl adjacent to an activating group) is 2. The Balaban J connectivity index is 3.96. The van der Waals surface area contributed by atoms with Gasteiger partial charge in [0.1, 0.15) is 6.61 Å². The van der Waals surface area contributed by atoms with Crippen LogP contribution in [0, 0.1) is 0 Å². The molecule has 0 saturated heterocycles. The molecule has 0 aromatic carbocycles. The third-order valence-electron chi connectivity index (χ3n) is 2.33. The van der Waals surface area contributed by atoms with Gasteiger partial charge in [0.2, 0.25) is 0 Å². The molecule has 11 heavy (non-hydrogen) atoms. The van der Waals surface area contributed by atoms with Crippen molar-refractivity contribution in [2.75, 3.05) is 27.2 Å². The Morgan fingerprint density at radius 3 is 2.27 bits per heavy atom. The molecule has 0 radical (unpaired) electrons. The Morgan fingerprint density at radius 2 is 2.00 bits per heavy atom. The number of nitrogens with one attached hydrogen (secondary N) is 2. The maximum absolute atomic E-state index is 7.18. The van der Waals surface area contributed by atoms with Crippen molar-refractivity contribution in [1.82, 2.24) is 10.6 Å². The fraction of sp³-hybridized carbons (Fsp3) is 1.00. The van der Waals surface area contributed by atoms with E-state index in [4.69, 9.17) is 5.11 Å². The summed E-state index contributed by atoms with van der Waals surface area (Å²) < 4.78 is 0. The van der Waals surface area contributed by atoms with Crippen LogP contribution in [-0.2, 0) is 0 Å². The molecule has 0 aliphatic rings. The van der Waals surface area contributed by atoms with Gasteiger partial charge in [0.25, 0.3) is 0 Å².